The van der Waals surface area contributed by atoms with Crippen molar-refractivity contribution in [3.05, 3.63) is 30.1 Å². The van der Waals surface area contributed by atoms with Crippen molar-refractivity contribution in [2.75, 3.05) is 13.1 Å². The standard InChI is InChI=1S/C17H29N3/c1-3-20(13-15-8-10-19-11-9-15)17(12-18)16-6-4-14(2)5-7-16/h8-11,14,16-17H,3-7,12-13,18H2,1-2H3. The molecule has 2 rings (SSSR count). The lowest BCUT2D eigenvalue weighted by atomic mass is 9.78. The van der Waals surface area contributed by atoms with Crippen LogP contribution >= 0.6 is 0 Å². The Labute approximate surface area is 123 Å². The van der Waals surface area contributed by atoms with Crippen LogP contribution in [0.5, 0.6) is 0 Å². The van der Waals surface area contributed by atoms with Gasteiger partial charge < -0.3 is 5.73 Å². The zero-order valence-corrected chi connectivity index (χ0v) is 13.0. The average Bonchev–Trinajstić information content (AvgIpc) is 2.49. The molecule has 0 amide bonds. The monoisotopic (exact) mass is 275 g/mol. The highest BCUT2D eigenvalue weighted by atomic mass is 15.2. The van der Waals surface area contributed by atoms with E-state index in [1.54, 1.807) is 0 Å². The van der Waals surface area contributed by atoms with E-state index in [0.29, 0.717) is 6.04 Å². The molecule has 1 aromatic heterocycles. The summed E-state index contributed by atoms with van der Waals surface area (Å²) in [5.74, 6) is 1.68. The van der Waals surface area contributed by atoms with Crippen LogP contribution in [0.1, 0.15) is 45.1 Å². The number of nitrogens with zero attached hydrogens (tertiary/aromatic N) is 2. The van der Waals surface area contributed by atoms with Crippen LogP contribution < -0.4 is 5.73 Å². The second kappa shape index (κ2) is 7.75. The lowest BCUT2D eigenvalue weighted by Crippen LogP contribution is -2.46. The van der Waals surface area contributed by atoms with Crippen molar-refractivity contribution in [1.82, 2.24) is 9.88 Å². The molecule has 2 N–H and O–H groups in total. The Kier molecular flexibility index (Phi) is 5.99. The zero-order chi connectivity index (χ0) is 14.4. The molecule has 3 heteroatoms. The topological polar surface area (TPSA) is 42.2 Å². The number of hydrogen-bond donors (Lipinski definition) is 1. The van der Waals surface area contributed by atoms with Crippen molar-refractivity contribution in [2.45, 2.75) is 52.1 Å². The molecule has 1 aromatic rings. The molecule has 1 fully saturated rings. The molecule has 0 radical (unpaired) electrons. The van der Waals surface area contributed by atoms with Gasteiger partial charge in [-0.15, -0.1) is 0 Å². The minimum atomic E-state index is 0.528. The van der Waals surface area contributed by atoms with Gasteiger partial charge in [0, 0.05) is 31.5 Å². The van der Waals surface area contributed by atoms with E-state index in [9.17, 15) is 0 Å². The summed E-state index contributed by atoms with van der Waals surface area (Å²) < 4.78 is 0. The smallest absolute Gasteiger partial charge is 0.0271 e. The van der Waals surface area contributed by atoms with Gasteiger partial charge in [0.15, 0.2) is 0 Å². The second-order valence-electron chi connectivity index (χ2n) is 6.24. The van der Waals surface area contributed by atoms with Gasteiger partial charge in [0.05, 0.1) is 0 Å². The predicted molar refractivity (Wildman–Crippen MR) is 84.3 cm³/mol. The first-order valence-corrected chi connectivity index (χ1v) is 8.07. The van der Waals surface area contributed by atoms with Gasteiger partial charge >= 0.3 is 0 Å². The third-order valence-electron chi connectivity index (χ3n) is 4.86. The fourth-order valence-electron chi connectivity index (χ4n) is 3.50. The Balaban J connectivity index is 2.00. The third-order valence-corrected chi connectivity index (χ3v) is 4.86. The Morgan fingerprint density at radius 2 is 1.90 bits per heavy atom. The van der Waals surface area contributed by atoms with Crippen LogP contribution in [0.25, 0.3) is 0 Å². The summed E-state index contributed by atoms with van der Waals surface area (Å²) in [5, 5.41) is 0. The van der Waals surface area contributed by atoms with Crippen LogP contribution in [0.3, 0.4) is 0 Å². The van der Waals surface area contributed by atoms with E-state index in [2.05, 4.69) is 35.9 Å². The maximum Gasteiger partial charge on any atom is 0.0271 e. The lowest BCUT2D eigenvalue weighted by Gasteiger charge is -2.39. The van der Waals surface area contributed by atoms with Gasteiger partial charge in [-0.1, -0.05) is 26.7 Å². The highest BCUT2D eigenvalue weighted by Crippen LogP contribution is 2.32. The Hall–Kier alpha value is -0.930. The highest BCUT2D eigenvalue weighted by Gasteiger charge is 2.28. The van der Waals surface area contributed by atoms with E-state index in [4.69, 9.17) is 5.73 Å². The fraction of sp³-hybridized carbons (Fsp3) is 0.706. The summed E-state index contributed by atoms with van der Waals surface area (Å²) in [4.78, 5) is 6.65. The van der Waals surface area contributed by atoms with Gasteiger partial charge in [-0.25, -0.2) is 0 Å². The van der Waals surface area contributed by atoms with E-state index < -0.39 is 0 Å². The molecule has 20 heavy (non-hydrogen) atoms. The van der Waals surface area contributed by atoms with Gasteiger partial charge in [0.1, 0.15) is 0 Å². The lowest BCUT2D eigenvalue weighted by molar-refractivity contribution is 0.110. The first kappa shape index (κ1) is 15.5. The molecule has 1 heterocycles. The van der Waals surface area contributed by atoms with E-state index in [1.807, 2.05) is 12.4 Å². The quantitative estimate of drug-likeness (QED) is 0.867. The van der Waals surface area contributed by atoms with Crippen molar-refractivity contribution in [3.8, 4) is 0 Å². The second-order valence-corrected chi connectivity index (χ2v) is 6.24. The third kappa shape index (κ3) is 4.03. The maximum atomic E-state index is 6.11. The van der Waals surface area contributed by atoms with Gasteiger partial charge in [-0.2, -0.15) is 0 Å². The summed E-state index contributed by atoms with van der Waals surface area (Å²) in [7, 11) is 0. The molecule has 1 atom stereocenters. The number of rotatable bonds is 6. The van der Waals surface area contributed by atoms with Crippen LogP contribution in [0.4, 0.5) is 0 Å². The van der Waals surface area contributed by atoms with Crippen molar-refractivity contribution in [2.24, 2.45) is 17.6 Å². The highest BCUT2D eigenvalue weighted by molar-refractivity contribution is 5.09. The fourth-order valence-corrected chi connectivity index (χ4v) is 3.50. The summed E-state index contributed by atoms with van der Waals surface area (Å²) in [6.45, 7) is 7.46. The van der Waals surface area contributed by atoms with E-state index in [-0.39, 0.29) is 0 Å². The molecule has 0 aromatic carbocycles. The van der Waals surface area contributed by atoms with Gasteiger partial charge in [0.25, 0.3) is 0 Å². The van der Waals surface area contributed by atoms with Crippen LogP contribution in [0, 0.1) is 11.8 Å². The van der Waals surface area contributed by atoms with Gasteiger partial charge in [-0.3, -0.25) is 9.88 Å². The van der Waals surface area contributed by atoms with Crippen molar-refractivity contribution < 1.29 is 0 Å². The van der Waals surface area contributed by atoms with Crippen LogP contribution in [0.15, 0.2) is 24.5 Å². The predicted octanol–water partition coefficient (Wildman–Crippen LogP) is 3.06. The summed E-state index contributed by atoms with van der Waals surface area (Å²) >= 11 is 0. The molecule has 1 saturated carbocycles. The van der Waals surface area contributed by atoms with Gasteiger partial charge in [0.2, 0.25) is 0 Å². The molecule has 0 bridgehead atoms. The Morgan fingerprint density at radius 3 is 2.45 bits per heavy atom. The molecule has 1 unspecified atom stereocenters. The molecule has 0 spiro atoms. The number of hydrogen-bond acceptors (Lipinski definition) is 3. The molecule has 112 valence electrons. The minimum absolute atomic E-state index is 0.528. The summed E-state index contributed by atoms with van der Waals surface area (Å²) in [6, 6.07) is 4.75. The Morgan fingerprint density at radius 1 is 1.25 bits per heavy atom. The van der Waals surface area contributed by atoms with Gasteiger partial charge in [-0.05, 0) is 48.9 Å². The normalized spacial score (nSPS) is 24.8. The largest absolute Gasteiger partial charge is 0.329 e. The molecule has 0 aliphatic heterocycles. The minimum Gasteiger partial charge on any atom is -0.329 e. The van der Waals surface area contributed by atoms with Crippen molar-refractivity contribution in [1.29, 1.82) is 0 Å². The first-order chi connectivity index (χ1) is 9.74. The average molecular weight is 275 g/mol. The number of pyridine rings is 1. The number of nitrogens with two attached hydrogens (primary N) is 1. The van der Waals surface area contributed by atoms with Crippen LogP contribution in [-0.2, 0) is 6.54 Å². The number of aromatic nitrogens is 1. The molecule has 1 aliphatic carbocycles. The zero-order valence-electron chi connectivity index (χ0n) is 13.0. The van der Waals surface area contributed by atoms with Crippen LogP contribution in [-0.4, -0.2) is 29.0 Å². The molecule has 3 nitrogen and oxygen atoms in total. The SMILES string of the molecule is CCN(Cc1ccncc1)C(CN)C1CCC(C)CC1. The van der Waals surface area contributed by atoms with Crippen LogP contribution in [0.2, 0.25) is 0 Å². The Bertz CT molecular complexity index is 371. The molecular weight excluding hydrogens is 246 g/mol. The van der Waals surface area contributed by atoms with Crippen molar-refractivity contribution in [3.63, 3.8) is 0 Å². The molecule has 1 aliphatic rings. The molecular formula is C17H29N3. The van der Waals surface area contributed by atoms with E-state index in [0.717, 1.165) is 31.5 Å². The molecule has 0 saturated heterocycles. The summed E-state index contributed by atoms with van der Waals surface area (Å²) in [6.07, 6.45) is 9.18. The van der Waals surface area contributed by atoms with Crippen molar-refractivity contribution >= 4 is 0 Å². The van der Waals surface area contributed by atoms with E-state index >= 15 is 0 Å². The maximum absolute atomic E-state index is 6.11. The first-order valence-electron chi connectivity index (χ1n) is 8.07. The number of likely N-dealkylation sites (N-methyl/N-ethyl adjacent to an activating group) is 1. The van der Waals surface area contributed by atoms with E-state index in [1.165, 1.54) is 31.2 Å². The summed E-state index contributed by atoms with van der Waals surface area (Å²) in [5.41, 5.74) is 7.45.